The number of amides is 2. The Morgan fingerprint density at radius 2 is 1.96 bits per heavy atom. The van der Waals surface area contributed by atoms with Gasteiger partial charge < -0.3 is 15.3 Å². The van der Waals surface area contributed by atoms with Crippen LogP contribution in [-0.2, 0) is 11.2 Å². The summed E-state index contributed by atoms with van der Waals surface area (Å²) in [4.78, 5) is 25.8. The summed E-state index contributed by atoms with van der Waals surface area (Å²) >= 11 is 0. The van der Waals surface area contributed by atoms with Crippen molar-refractivity contribution in [3.8, 4) is 0 Å². The highest BCUT2D eigenvalue weighted by Gasteiger charge is 2.32. The number of carboxylic acids is 1. The molecule has 130 valence electrons. The van der Waals surface area contributed by atoms with E-state index < -0.39 is 12.0 Å². The maximum absolute atomic E-state index is 12.8. The van der Waals surface area contributed by atoms with Crippen LogP contribution in [-0.4, -0.2) is 28.6 Å². The van der Waals surface area contributed by atoms with Crippen molar-refractivity contribution in [2.45, 2.75) is 32.7 Å². The number of nitrogens with one attached hydrogen (secondary N) is 1. The zero-order chi connectivity index (χ0) is 18.0. The number of rotatable bonds is 3. The van der Waals surface area contributed by atoms with E-state index in [4.69, 9.17) is 0 Å². The molecule has 0 aromatic heterocycles. The second-order valence-electron chi connectivity index (χ2n) is 6.50. The van der Waals surface area contributed by atoms with Crippen molar-refractivity contribution in [3.63, 3.8) is 0 Å². The average Bonchev–Trinajstić information content (AvgIpc) is 2.57. The van der Waals surface area contributed by atoms with Crippen molar-refractivity contribution in [2.24, 2.45) is 0 Å². The first kappa shape index (κ1) is 17.0. The average molecular weight is 338 g/mol. The monoisotopic (exact) mass is 338 g/mol. The molecule has 1 atom stereocenters. The number of benzene rings is 2. The summed E-state index contributed by atoms with van der Waals surface area (Å²) < 4.78 is 0. The third-order valence-corrected chi connectivity index (χ3v) is 4.66. The van der Waals surface area contributed by atoms with E-state index in [0.717, 1.165) is 34.4 Å². The molecule has 1 aliphatic rings. The number of urea groups is 1. The summed E-state index contributed by atoms with van der Waals surface area (Å²) in [6.45, 7) is 4.46. The fraction of sp³-hybridized carbons (Fsp3) is 0.300. The van der Waals surface area contributed by atoms with Crippen LogP contribution in [0.2, 0.25) is 0 Å². The first-order valence-corrected chi connectivity index (χ1v) is 8.40. The Bertz CT molecular complexity index is 816. The number of hydrogen-bond donors (Lipinski definition) is 2. The van der Waals surface area contributed by atoms with E-state index in [-0.39, 0.29) is 12.5 Å². The Labute approximate surface area is 147 Å². The topological polar surface area (TPSA) is 69.6 Å². The number of anilines is 1. The molecule has 0 bridgehead atoms. The third-order valence-electron chi connectivity index (χ3n) is 4.66. The molecule has 1 aliphatic heterocycles. The second-order valence-corrected chi connectivity index (χ2v) is 6.50. The first-order chi connectivity index (χ1) is 12.0. The van der Waals surface area contributed by atoms with Gasteiger partial charge in [-0.15, -0.1) is 0 Å². The molecule has 5 heteroatoms. The highest BCUT2D eigenvalue weighted by molar-refractivity contribution is 5.91. The molecule has 0 aliphatic carbocycles. The van der Waals surface area contributed by atoms with E-state index in [9.17, 15) is 14.7 Å². The van der Waals surface area contributed by atoms with Crippen molar-refractivity contribution >= 4 is 17.7 Å². The molecule has 0 radical (unpaired) electrons. The molecule has 1 heterocycles. The molecule has 0 saturated carbocycles. The number of aryl methyl sites for hydroxylation is 2. The maximum Gasteiger partial charge on any atom is 0.322 e. The lowest BCUT2D eigenvalue weighted by molar-refractivity contribution is -0.138. The van der Waals surface area contributed by atoms with E-state index in [1.54, 1.807) is 4.90 Å². The van der Waals surface area contributed by atoms with E-state index >= 15 is 0 Å². The van der Waals surface area contributed by atoms with Gasteiger partial charge in [-0.2, -0.15) is 0 Å². The second kappa shape index (κ2) is 6.97. The summed E-state index contributed by atoms with van der Waals surface area (Å²) in [6.07, 6.45) is 0.629. The number of aliphatic carboxylic acids is 1. The molecule has 0 saturated heterocycles. The number of fused-ring (bicyclic) bond motifs is 1. The van der Waals surface area contributed by atoms with Crippen molar-refractivity contribution < 1.29 is 14.7 Å². The molecular weight excluding hydrogens is 316 g/mol. The van der Waals surface area contributed by atoms with Crippen LogP contribution in [0.4, 0.5) is 10.5 Å². The summed E-state index contributed by atoms with van der Waals surface area (Å²) in [5.74, 6) is -0.911. The molecule has 2 N–H and O–H groups in total. The Morgan fingerprint density at radius 3 is 2.68 bits per heavy atom. The van der Waals surface area contributed by atoms with E-state index in [1.165, 1.54) is 0 Å². The van der Waals surface area contributed by atoms with Gasteiger partial charge in [-0.05, 0) is 43.0 Å². The van der Waals surface area contributed by atoms with Gasteiger partial charge in [-0.1, -0.05) is 42.0 Å². The molecule has 1 unspecified atom stereocenters. The molecule has 5 nitrogen and oxygen atoms in total. The molecule has 3 rings (SSSR count). The lowest BCUT2D eigenvalue weighted by Gasteiger charge is -2.36. The summed E-state index contributed by atoms with van der Waals surface area (Å²) in [5, 5.41) is 12.2. The Balaban J connectivity index is 1.86. The lowest BCUT2D eigenvalue weighted by Crippen LogP contribution is -2.43. The minimum Gasteiger partial charge on any atom is -0.481 e. The molecule has 25 heavy (non-hydrogen) atoms. The highest BCUT2D eigenvalue weighted by Crippen LogP contribution is 2.33. The standard InChI is InChI=1S/C20H22N2O3/c1-13-7-8-17(14(2)11-13)21-20(25)22-10-9-15-5-3-4-6-16(15)18(22)12-19(23)24/h3-8,11,18H,9-10,12H2,1-2H3,(H,21,25)(H,23,24). The molecular formula is C20H22N2O3. The number of carbonyl (C=O) groups excluding carboxylic acids is 1. The molecule has 0 fully saturated rings. The Kier molecular flexibility index (Phi) is 4.74. The van der Waals surface area contributed by atoms with Gasteiger partial charge in [0.25, 0.3) is 0 Å². The van der Waals surface area contributed by atoms with Gasteiger partial charge in [0, 0.05) is 12.2 Å². The van der Waals surface area contributed by atoms with Gasteiger partial charge in [-0.3, -0.25) is 4.79 Å². The largest absolute Gasteiger partial charge is 0.481 e. The SMILES string of the molecule is Cc1ccc(NC(=O)N2CCc3ccccc3C2CC(=O)O)c(C)c1. The van der Waals surface area contributed by atoms with Crippen LogP contribution in [0.25, 0.3) is 0 Å². The first-order valence-electron chi connectivity index (χ1n) is 8.40. The van der Waals surface area contributed by atoms with Gasteiger partial charge in [0.1, 0.15) is 0 Å². The maximum atomic E-state index is 12.8. The van der Waals surface area contributed by atoms with Gasteiger partial charge in [0.05, 0.1) is 12.5 Å². The predicted molar refractivity (Wildman–Crippen MR) is 96.8 cm³/mol. The van der Waals surface area contributed by atoms with Crippen molar-refractivity contribution in [1.82, 2.24) is 4.90 Å². The van der Waals surface area contributed by atoms with Crippen molar-refractivity contribution in [1.29, 1.82) is 0 Å². The third kappa shape index (κ3) is 3.65. The fourth-order valence-corrected chi connectivity index (χ4v) is 3.42. The molecule has 0 spiro atoms. The van der Waals surface area contributed by atoms with Crippen LogP contribution in [0.5, 0.6) is 0 Å². The minimum atomic E-state index is -0.911. The smallest absolute Gasteiger partial charge is 0.322 e. The van der Waals surface area contributed by atoms with E-state index in [1.807, 2.05) is 56.3 Å². The van der Waals surface area contributed by atoms with Gasteiger partial charge in [-0.25, -0.2) is 4.79 Å². The minimum absolute atomic E-state index is 0.0999. The normalized spacial score (nSPS) is 16.2. The molecule has 2 aromatic carbocycles. The molecule has 2 aromatic rings. The van der Waals surface area contributed by atoms with Crippen LogP contribution >= 0.6 is 0 Å². The Hall–Kier alpha value is -2.82. The van der Waals surface area contributed by atoms with E-state index in [0.29, 0.717) is 6.54 Å². The van der Waals surface area contributed by atoms with Crippen LogP contribution in [0.3, 0.4) is 0 Å². The fourth-order valence-electron chi connectivity index (χ4n) is 3.42. The molecule has 2 amide bonds. The number of nitrogens with zero attached hydrogens (tertiary/aromatic N) is 1. The van der Waals surface area contributed by atoms with Gasteiger partial charge in [0.2, 0.25) is 0 Å². The quantitative estimate of drug-likeness (QED) is 0.891. The Morgan fingerprint density at radius 1 is 1.20 bits per heavy atom. The highest BCUT2D eigenvalue weighted by atomic mass is 16.4. The van der Waals surface area contributed by atoms with Crippen LogP contribution in [0.15, 0.2) is 42.5 Å². The predicted octanol–water partition coefficient (Wildman–Crippen LogP) is 3.91. The number of carbonyl (C=O) groups is 2. The van der Waals surface area contributed by atoms with E-state index in [2.05, 4.69) is 5.32 Å². The zero-order valence-electron chi connectivity index (χ0n) is 14.5. The van der Waals surface area contributed by atoms with Crippen LogP contribution in [0.1, 0.15) is 34.7 Å². The van der Waals surface area contributed by atoms with Crippen molar-refractivity contribution in [2.75, 3.05) is 11.9 Å². The van der Waals surface area contributed by atoms with Crippen molar-refractivity contribution in [3.05, 3.63) is 64.7 Å². The number of hydrogen-bond acceptors (Lipinski definition) is 2. The summed E-state index contributed by atoms with van der Waals surface area (Å²) in [7, 11) is 0. The number of carboxylic acid groups (broad SMARTS) is 1. The van der Waals surface area contributed by atoms with Gasteiger partial charge >= 0.3 is 12.0 Å². The summed E-state index contributed by atoms with van der Waals surface area (Å²) in [6, 6.07) is 12.9. The van der Waals surface area contributed by atoms with Crippen LogP contribution < -0.4 is 5.32 Å². The lowest BCUT2D eigenvalue weighted by atomic mass is 9.91. The van der Waals surface area contributed by atoms with Gasteiger partial charge in [0.15, 0.2) is 0 Å². The zero-order valence-corrected chi connectivity index (χ0v) is 14.5. The van der Waals surface area contributed by atoms with Crippen LogP contribution in [0, 0.1) is 13.8 Å². The summed E-state index contributed by atoms with van der Waals surface area (Å²) in [5.41, 5.74) is 4.91.